The second-order valence-electron chi connectivity index (χ2n) is 5.26. The van der Waals surface area contributed by atoms with Crippen molar-refractivity contribution in [3.8, 4) is 5.75 Å². The average Bonchev–Trinajstić information content (AvgIpc) is 2.91. The van der Waals surface area contributed by atoms with E-state index in [0.717, 1.165) is 9.95 Å². The number of aromatic hydroxyl groups is 1. The Morgan fingerprint density at radius 1 is 1.33 bits per heavy atom. The van der Waals surface area contributed by atoms with Crippen LogP contribution in [0.5, 0.6) is 5.75 Å². The van der Waals surface area contributed by atoms with Crippen LogP contribution in [0.3, 0.4) is 0 Å². The second kappa shape index (κ2) is 7.23. The monoisotopic (exact) mass is 361 g/mol. The number of thioether (sulfide) groups is 2. The van der Waals surface area contributed by atoms with E-state index in [1.54, 1.807) is 12.1 Å². The lowest BCUT2D eigenvalue weighted by Crippen LogP contribution is -2.24. The fraction of sp³-hybridized carbons (Fsp3) is 0.250. The Hall–Kier alpha value is -2.06. The van der Waals surface area contributed by atoms with Gasteiger partial charge in [-0.2, -0.15) is 4.99 Å². The van der Waals surface area contributed by atoms with Crippen LogP contribution in [0.25, 0.3) is 0 Å². The molecule has 0 saturated carbocycles. The van der Waals surface area contributed by atoms with Gasteiger partial charge in [-0.15, -0.1) is 11.8 Å². The molecule has 0 aromatic heterocycles. The molecule has 124 valence electrons. The first kappa shape index (κ1) is 16.8. The number of nitrogens with one attached hydrogen (secondary N) is 1. The smallest absolute Gasteiger partial charge is 0.261 e. The number of carbonyl (C=O) groups is 2. The van der Waals surface area contributed by atoms with Crippen molar-refractivity contribution < 1.29 is 14.7 Å². The SMILES string of the molecule is CC1=CC2C(=O)N=C(CSCC(=O)Nc3ccc(O)cc3)N=C2S1. The molecule has 2 amide bonds. The Kier molecular flexibility index (Phi) is 5.06. The molecule has 0 radical (unpaired) electrons. The molecule has 0 bridgehead atoms. The fourth-order valence-electron chi connectivity index (χ4n) is 2.23. The molecule has 8 heteroatoms. The predicted octanol–water partition coefficient (Wildman–Crippen LogP) is 2.67. The van der Waals surface area contributed by atoms with Crippen molar-refractivity contribution in [3.63, 3.8) is 0 Å². The number of fused-ring (bicyclic) bond motifs is 1. The minimum atomic E-state index is -0.318. The number of anilines is 1. The van der Waals surface area contributed by atoms with Gasteiger partial charge in [-0.05, 0) is 36.1 Å². The molecular weight excluding hydrogens is 346 g/mol. The largest absolute Gasteiger partial charge is 0.508 e. The summed E-state index contributed by atoms with van der Waals surface area (Å²) < 4.78 is 0. The van der Waals surface area contributed by atoms with Crippen molar-refractivity contribution in [3.05, 3.63) is 35.2 Å². The fourth-order valence-corrected chi connectivity index (χ4v) is 3.88. The van der Waals surface area contributed by atoms with Crippen LogP contribution in [0.15, 0.2) is 45.2 Å². The molecular formula is C16H15N3O3S2. The third-order valence-corrected chi connectivity index (χ3v) is 5.23. The molecule has 0 fully saturated rings. The van der Waals surface area contributed by atoms with Crippen molar-refractivity contribution in [2.45, 2.75) is 6.92 Å². The number of carbonyl (C=O) groups excluding carboxylic acids is 2. The lowest BCUT2D eigenvalue weighted by molar-refractivity contribution is -0.118. The first-order valence-corrected chi connectivity index (χ1v) is 9.21. The summed E-state index contributed by atoms with van der Waals surface area (Å²) in [5.74, 6) is 0.581. The van der Waals surface area contributed by atoms with Crippen molar-refractivity contribution >= 4 is 51.9 Å². The molecule has 1 unspecified atom stereocenters. The number of allylic oxidation sites excluding steroid dienone is 1. The van der Waals surface area contributed by atoms with Gasteiger partial charge in [0.1, 0.15) is 17.5 Å². The number of amides is 2. The van der Waals surface area contributed by atoms with Crippen molar-refractivity contribution in [1.29, 1.82) is 0 Å². The molecule has 2 aliphatic rings. The third kappa shape index (κ3) is 4.07. The Morgan fingerprint density at radius 2 is 2.08 bits per heavy atom. The molecule has 2 aliphatic heterocycles. The summed E-state index contributed by atoms with van der Waals surface area (Å²) in [5, 5.41) is 12.7. The van der Waals surface area contributed by atoms with Gasteiger partial charge < -0.3 is 10.4 Å². The Balaban J connectivity index is 1.48. The molecule has 24 heavy (non-hydrogen) atoms. The van der Waals surface area contributed by atoms with Crippen LogP contribution < -0.4 is 5.32 Å². The molecule has 3 rings (SSSR count). The quantitative estimate of drug-likeness (QED) is 0.787. The normalized spacial score (nSPS) is 19.3. The van der Waals surface area contributed by atoms with Crippen LogP contribution in [0.2, 0.25) is 0 Å². The maximum atomic E-state index is 12.0. The summed E-state index contributed by atoms with van der Waals surface area (Å²) in [6.07, 6.45) is 1.88. The molecule has 1 aromatic rings. The van der Waals surface area contributed by atoms with Crippen molar-refractivity contribution in [2.24, 2.45) is 15.9 Å². The van der Waals surface area contributed by atoms with Crippen molar-refractivity contribution in [1.82, 2.24) is 0 Å². The van der Waals surface area contributed by atoms with Crippen LogP contribution in [0.4, 0.5) is 5.69 Å². The number of phenols is 1. The van der Waals surface area contributed by atoms with Gasteiger partial charge in [0.15, 0.2) is 0 Å². The maximum absolute atomic E-state index is 12.0. The Bertz CT molecular complexity index is 769. The van der Waals surface area contributed by atoms with Gasteiger partial charge >= 0.3 is 0 Å². The van der Waals surface area contributed by atoms with Gasteiger partial charge in [-0.3, -0.25) is 9.59 Å². The van der Waals surface area contributed by atoms with E-state index >= 15 is 0 Å². The maximum Gasteiger partial charge on any atom is 0.261 e. The Labute approximate surface area is 147 Å². The van der Waals surface area contributed by atoms with Crippen LogP contribution in [-0.4, -0.2) is 39.3 Å². The number of hydrogen-bond donors (Lipinski definition) is 2. The van der Waals surface area contributed by atoms with Gasteiger partial charge in [0.25, 0.3) is 5.91 Å². The summed E-state index contributed by atoms with van der Waals surface area (Å²) in [5.41, 5.74) is 0.621. The lowest BCUT2D eigenvalue weighted by atomic mass is 10.1. The van der Waals surface area contributed by atoms with Gasteiger partial charge in [0, 0.05) is 5.69 Å². The predicted molar refractivity (Wildman–Crippen MR) is 98.8 cm³/mol. The van der Waals surface area contributed by atoms with E-state index in [1.807, 2.05) is 13.0 Å². The second-order valence-corrected chi connectivity index (χ2v) is 7.51. The van der Waals surface area contributed by atoms with E-state index in [1.165, 1.54) is 35.7 Å². The first-order chi connectivity index (χ1) is 11.5. The van der Waals surface area contributed by atoms with Crippen LogP contribution >= 0.6 is 23.5 Å². The zero-order valence-electron chi connectivity index (χ0n) is 12.9. The summed E-state index contributed by atoms with van der Waals surface area (Å²) >= 11 is 2.85. The number of aliphatic imine (C=N–C) groups is 2. The number of phenolic OH excluding ortho intramolecular Hbond substituents is 1. The van der Waals surface area contributed by atoms with E-state index in [4.69, 9.17) is 0 Å². The molecule has 6 nitrogen and oxygen atoms in total. The van der Waals surface area contributed by atoms with Gasteiger partial charge in [-0.1, -0.05) is 17.8 Å². The Morgan fingerprint density at radius 3 is 2.83 bits per heavy atom. The van der Waals surface area contributed by atoms with Gasteiger partial charge in [-0.25, -0.2) is 4.99 Å². The van der Waals surface area contributed by atoms with Gasteiger partial charge in [0.2, 0.25) is 5.91 Å². The summed E-state index contributed by atoms with van der Waals surface area (Å²) in [6, 6.07) is 6.26. The lowest BCUT2D eigenvalue weighted by Gasteiger charge is -2.12. The van der Waals surface area contributed by atoms with E-state index in [-0.39, 0.29) is 29.2 Å². The summed E-state index contributed by atoms with van der Waals surface area (Å²) in [7, 11) is 0. The highest BCUT2D eigenvalue weighted by molar-refractivity contribution is 8.17. The summed E-state index contributed by atoms with van der Waals surface area (Å²) in [6.45, 7) is 1.95. The van der Waals surface area contributed by atoms with E-state index in [9.17, 15) is 14.7 Å². The standard InChI is InChI=1S/C16H15N3O3S2/c1-9-6-12-15(22)18-13(19-16(12)24-9)7-23-8-14(21)17-10-2-4-11(20)5-3-10/h2-6,12,20H,7-8H2,1H3,(H,17,21). The van der Waals surface area contributed by atoms with Crippen LogP contribution in [0, 0.1) is 5.92 Å². The van der Waals surface area contributed by atoms with Crippen LogP contribution in [-0.2, 0) is 9.59 Å². The van der Waals surface area contributed by atoms with E-state index in [2.05, 4.69) is 15.3 Å². The van der Waals surface area contributed by atoms with Gasteiger partial charge in [0.05, 0.1) is 16.5 Å². The van der Waals surface area contributed by atoms with Crippen molar-refractivity contribution in [2.75, 3.05) is 16.8 Å². The molecule has 0 aliphatic carbocycles. The van der Waals surface area contributed by atoms with Crippen LogP contribution in [0.1, 0.15) is 6.92 Å². The minimum Gasteiger partial charge on any atom is -0.508 e. The highest BCUT2D eigenvalue weighted by atomic mass is 32.2. The third-order valence-electron chi connectivity index (χ3n) is 3.29. The molecule has 2 heterocycles. The molecule has 2 N–H and O–H groups in total. The number of benzene rings is 1. The topological polar surface area (TPSA) is 91.1 Å². The zero-order valence-corrected chi connectivity index (χ0v) is 14.5. The molecule has 0 saturated heterocycles. The van der Waals surface area contributed by atoms with E-state index < -0.39 is 0 Å². The number of nitrogens with zero attached hydrogens (tertiary/aromatic N) is 2. The number of hydrogen-bond acceptors (Lipinski definition) is 6. The number of amidine groups is 1. The molecule has 1 aromatic carbocycles. The highest BCUT2D eigenvalue weighted by Gasteiger charge is 2.32. The minimum absolute atomic E-state index is 0.147. The summed E-state index contributed by atoms with van der Waals surface area (Å²) in [4.78, 5) is 33.3. The molecule has 1 atom stereocenters. The molecule has 0 spiro atoms. The van der Waals surface area contributed by atoms with E-state index in [0.29, 0.717) is 17.3 Å². The number of rotatable bonds is 5. The first-order valence-electron chi connectivity index (χ1n) is 7.24. The highest BCUT2D eigenvalue weighted by Crippen LogP contribution is 2.34. The zero-order chi connectivity index (χ0) is 17.1. The average molecular weight is 361 g/mol.